The summed E-state index contributed by atoms with van der Waals surface area (Å²) in [4.78, 5) is 50.0. The van der Waals surface area contributed by atoms with Crippen LogP contribution in [0.25, 0.3) is 0 Å². The van der Waals surface area contributed by atoms with E-state index >= 15 is 8.78 Å². The number of halogens is 2. The Kier molecular flexibility index (Phi) is 6.21. The van der Waals surface area contributed by atoms with Gasteiger partial charge in [0.15, 0.2) is 11.6 Å². The number of rotatable bonds is 8. The molecular weight excluding hydrogens is 462 g/mol. The number of carbonyl (C=O) groups excluding carboxylic acids is 2. The van der Waals surface area contributed by atoms with Crippen LogP contribution >= 0.6 is 0 Å². The monoisotopic (exact) mass is 480 g/mol. The molecule has 0 aliphatic heterocycles. The molecule has 0 aromatic heterocycles. The minimum absolute atomic E-state index is 0.105. The van der Waals surface area contributed by atoms with Gasteiger partial charge in [0.05, 0.1) is 11.8 Å². The van der Waals surface area contributed by atoms with Crippen LogP contribution in [0.3, 0.4) is 0 Å². The van der Waals surface area contributed by atoms with E-state index in [1.54, 1.807) is 0 Å². The first-order chi connectivity index (χ1) is 16.7. The molecule has 3 aromatic rings. The normalized spacial score (nSPS) is 15.9. The van der Waals surface area contributed by atoms with Gasteiger partial charge < -0.3 is 0 Å². The third kappa shape index (κ3) is 3.86. The Morgan fingerprint density at radius 2 is 1.00 bits per heavy atom. The molecule has 2 unspecified atom stereocenters. The van der Waals surface area contributed by atoms with Gasteiger partial charge >= 0.3 is 0 Å². The first-order valence-corrected chi connectivity index (χ1v) is 10.6. The van der Waals surface area contributed by atoms with Crippen molar-refractivity contribution >= 4 is 11.6 Å². The molecule has 0 saturated heterocycles. The lowest BCUT2D eigenvalue weighted by Gasteiger charge is -2.38. The standard InChI is InChI=1S/C25H18F2N2O6/c26-21-11-5-3-9-17(21)19(13-28(32)33)25(23(30)15-7-1-2-8-16(15)24(25)31)20(14-29(34)35)18-10-4-6-12-22(18)27/h1-12,19-20H,13-14H2. The number of nitrogens with zero attached hydrogens (tertiary/aromatic N) is 2. The SMILES string of the molecule is O=C1c2ccccc2C(=O)C1(C(C[N+](=O)[O-])c1ccccc1F)C(C[N+](=O)[O-])c1ccccc1F. The lowest BCUT2D eigenvalue weighted by Crippen LogP contribution is -2.49. The lowest BCUT2D eigenvalue weighted by atomic mass is 9.59. The average molecular weight is 480 g/mol. The number of carbonyl (C=O) groups is 2. The summed E-state index contributed by atoms with van der Waals surface area (Å²) in [5.41, 5.74) is -3.40. The molecule has 0 saturated carbocycles. The summed E-state index contributed by atoms with van der Waals surface area (Å²) in [6.07, 6.45) is 0. The van der Waals surface area contributed by atoms with E-state index in [1.165, 1.54) is 60.7 Å². The van der Waals surface area contributed by atoms with Gasteiger partial charge in [0, 0.05) is 21.0 Å². The second-order valence-electron chi connectivity index (χ2n) is 8.25. The van der Waals surface area contributed by atoms with Gasteiger partial charge in [0.1, 0.15) is 17.0 Å². The maximum Gasteiger partial charge on any atom is 0.212 e. The van der Waals surface area contributed by atoms with Gasteiger partial charge in [-0.15, -0.1) is 0 Å². The zero-order valence-electron chi connectivity index (χ0n) is 18.1. The number of Topliss-reactive ketones (excluding diaryl/α,β-unsaturated/α-hetero) is 2. The van der Waals surface area contributed by atoms with E-state index in [4.69, 9.17) is 0 Å². The first-order valence-electron chi connectivity index (χ1n) is 10.6. The molecule has 4 rings (SSSR count). The van der Waals surface area contributed by atoms with Crippen LogP contribution in [0, 0.1) is 37.3 Å². The number of nitro groups is 2. The molecule has 0 fully saturated rings. The van der Waals surface area contributed by atoms with E-state index in [9.17, 15) is 29.8 Å². The molecule has 0 radical (unpaired) electrons. The molecule has 178 valence electrons. The van der Waals surface area contributed by atoms with E-state index < -0.39 is 63.4 Å². The fraction of sp³-hybridized carbons (Fsp3) is 0.200. The van der Waals surface area contributed by atoms with Gasteiger partial charge in [-0.1, -0.05) is 60.7 Å². The minimum atomic E-state index is -2.53. The second kappa shape index (κ2) is 9.13. The summed E-state index contributed by atoms with van der Waals surface area (Å²) in [6.45, 7) is -2.18. The molecule has 2 atom stereocenters. The van der Waals surface area contributed by atoms with Crippen molar-refractivity contribution in [1.29, 1.82) is 0 Å². The van der Waals surface area contributed by atoms with Crippen LogP contribution in [0.1, 0.15) is 43.7 Å². The Labute approximate surface area is 197 Å². The van der Waals surface area contributed by atoms with Crippen molar-refractivity contribution in [3.8, 4) is 0 Å². The first kappa shape index (κ1) is 23.8. The smallest absolute Gasteiger partial charge is 0.212 e. The maximum atomic E-state index is 15.1. The maximum absolute atomic E-state index is 15.1. The van der Waals surface area contributed by atoms with Crippen LogP contribution in [0.15, 0.2) is 72.8 Å². The summed E-state index contributed by atoms with van der Waals surface area (Å²) in [5, 5.41) is 23.6. The molecule has 8 nitrogen and oxygen atoms in total. The predicted molar refractivity (Wildman–Crippen MR) is 120 cm³/mol. The van der Waals surface area contributed by atoms with Crippen LogP contribution in [0.4, 0.5) is 8.78 Å². The third-order valence-electron chi connectivity index (χ3n) is 6.49. The molecule has 0 spiro atoms. The summed E-state index contributed by atoms with van der Waals surface area (Å²) in [7, 11) is 0. The van der Waals surface area contributed by atoms with E-state index in [0.717, 1.165) is 12.1 Å². The van der Waals surface area contributed by atoms with Crippen LogP contribution in [-0.4, -0.2) is 34.5 Å². The molecule has 1 aliphatic carbocycles. The van der Waals surface area contributed by atoms with Gasteiger partial charge in [0.25, 0.3) is 0 Å². The number of benzene rings is 3. The van der Waals surface area contributed by atoms with Crippen molar-refractivity contribution in [3.05, 3.63) is 127 Å². The molecule has 1 aliphatic rings. The average Bonchev–Trinajstić information content (AvgIpc) is 3.04. The number of hydrogen-bond acceptors (Lipinski definition) is 6. The second-order valence-corrected chi connectivity index (χ2v) is 8.25. The highest BCUT2D eigenvalue weighted by Crippen LogP contribution is 2.56. The third-order valence-corrected chi connectivity index (χ3v) is 6.49. The minimum Gasteiger partial charge on any atom is -0.293 e. The molecular formula is C25H18F2N2O6. The van der Waals surface area contributed by atoms with Crippen molar-refractivity contribution < 1.29 is 28.2 Å². The molecule has 0 bridgehead atoms. The highest BCUT2D eigenvalue weighted by molar-refractivity contribution is 6.30. The highest BCUT2D eigenvalue weighted by atomic mass is 19.1. The van der Waals surface area contributed by atoms with Gasteiger partial charge in [-0.25, -0.2) is 8.78 Å². The van der Waals surface area contributed by atoms with Gasteiger partial charge in [-0.3, -0.25) is 29.8 Å². The van der Waals surface area contributed by atoms with Crippen molar-refractivity contribution in [2.45, 2.75) is 11.8 Å². The van der Waals surface area contributed by atoms with Crippen molar-refractivity contribution in [1.82, 2.24) is 0 Å². The zero-order chi connectivity index (χ0) is 25.3. The van der Waals surface area contributed by atoms with Gasteiger partial charge in [-0.05, 0) is 23.3 Å². The van der Waals surface area contributed by atoms with Crippen LogP contribution in [-0.2, 0) is 0 Å². The number of ketones is 2. The van der Waals surface area contributed by atoms with Crippen LogP contribution in [0.5, 0.6) is 0 Å². The molecule has 0 amide bonds. The zero-order valence-corrected chi connectivity index (χ0v) is 18.1. The highest BCUT2D eigenvalue weighted by Gasteiger charge is 2.65. The summed E-state index contributed by atoms with van der Waals surface area (Å²) in [5.74, 6) is -7.25. The van der Waals surface area contributed by atoms with E-state index in [2.05, 4.69) is 0 Å². The Morgan fingerprint density at radius 1 is 0.657 bits per heavy atom. The summed E-state index contributed by atoms with van der Waals surface area (Å²) < 4.78 is 30.1. The quantitative estimate of drug-likeness (QED) is 0.267. The van der Waals surface area contributed by atoms with Crippen molar-refractivity contribution in [3.63, 3.8) is 0 Å². The summed E-state index contributed by atoms with van der Waals surface area (Å²) >= 11 is 0. The molecule has 0 N–H and O–H groups in total. The lowest BCUT2D eigenvalue weighted by molar-refractivity contribution is -0.492. The van der Waals surface area contributed by atoms with Crippen molar-refractivity contribution in [2.24, 2.45) is 5.41 Å². The predicted octanol–water partition coefficient (Wildman–Crippen LogP) is 4.45. The topological polar surface area (TPSA) is 120 Å². The van der Waals surface area contributed by atoms with E-state index in [1.807, 2.05) is 0 Å². The van der Waals surface area contributed by atoms with Gasteiger partial charge in [-0.2, -0.15) is 0 Å². The summed E-state index contributed by atoms with van der Waals surface area (Å²) in [6, 6.07) is 15.4. The molecule has 35 heavy (non-hydrogen) atoms. The Hall–Kier alpha value is -4.34. The van der Waals surface area contributed by atoms with Crippen LogP contribution < -0.4 is 0 Å². The molecule has 10 heteroatoms. The van der Waals surface area contributed by atoms with E-state index in [-0.39, 0.29) is 22.3 Å². The molecule has 3 aromatic carbocycles. The number of hydrogen-bond donors (Lipinski definition) is 0. The number of fused-ring (bicyclic) bond motifs is 1. The van der Waals surface area contributed by atoms with E-state index in [0.29, 0.717) is 0 Å². The largest absolute Gasteiger partial charge is 0.293 e. The molecule has 0 heterocycles. The van der Waals surface area contributed by atoms with Gasteiger partial charge in [0.2, 0.25) is 13.1 Å². The Balaban J connectivity index is 2.12. The Bertz CT molecular complexity index is 1260. The Morgan fingerprint density at radius 3 is 1.34 bits per heavy atom. The van der Waals surface area contributed by atoms with Crippen molar-refractivity contribution in [2.75, 3.05) is 13.1 Å². The van der Waals surface area contributed by atoms with Crippen LogP contribution in [0.2, 0.25) is 0 Å². The fourth-order valence-corrected chi connectivity index (χ4v) is 5.09. The fourth-order valence-electron chi connectivity index (χ4n) is 5.09.